The summed E-state index contributed by atoms with van der Waals surface area (Å²) in [7, 11) is 0. The maximum Gasteiger partial charge on any atom is 0.230 e. The van der Waals surface area contributed by atoms with Gasteiger partial charge in [-0.2, -0.15) is 0 Å². The molecule has 0 saturated carbocycles. The molecule has 9 rings (SSSR count). The quantitative estimate of drug-likeness (QED) is 0.224. The summed E-state index contributed by atoms with van der Waals surface area (Å²) >= 11 is 0. The lowest BCUT2D eigenvalue weighted by molar-refractivity contribution is 0.125. The van der Waals surface area contributed by atoms with E-state index in [1.807, 2.05) is 18.2 Å². The minimum atomic E-state index is 0.146. The summed E-state index contributed by atoms with van der Waals surface area (Å²) in [4.78, 5) is 0. The van der Waals surface area contributed by atoms with E-state index in [4.69, 9.17) is 13.9 Å². The Hall–Kier alpha value is -5.48. The Kier molecular flexibility index (Phi) is 4.64. The summed E-state index contributed by atoms with van der Waals surface area (Å²) in [6, 6.07) is 44.4. The van der Waals surface area contributed by atoms with Crippen molar-refractivity contribution in [1.82, 2.24) is 4.57 Å². The van der Waals surface area contributed by atoms with Crippen LogP contribution in [0.15, 0.2) is 132 Å². The van der Waals surface area contributed by atoms with Crippen LogP contribution in [0.5, 0.6) is 11.5 Å². The molecule has 0 radical (unpaired) electrons. The zero-order valence-corrected chi connectivity index (χ0v) is 22.0. The Morgan fingerprint density at radius 3 is 2.02 bits per heavy atom. The number of aromatic nitrogens is 1. The van der Waals surface area contributed by atoms with Crippen molar-refractivity contribution in [3.63, 3.8) is 0 Å². The molecule has 0 N–H and O–H groups in total. The lowest BCUT2D eigenvalue weighted by Crippen LogP contribution is -2.03. The van der Waals surface area contributed by atoms with E-state index in [9.17, 15) is 0 Å². The van der Waals surface area contributed by atoms with Crippen molar-refractivity contribution in [1.29, 1.82) is 0 Å². The van der Waals surface area contributed by atoms with Crippen molar-refractivity contribution >= 4 is 43.7 Å². The van der Waals surface area contributed by atoms with Crippen LogP contribution in [0.3, 0.4) is 0 Å². The third-order valence-corrected chi connectivity index (χ3v) is 8.22. The van der Waals surface area contributed by atoms with Gasteiger partial charge in [0.2, 0.25) is 6.79 Å². The van der Waals surface area contributed by atoms with E-state index < -0.39 is 0 Å². The van der Waals surface area contributed by atoms with Crippen LogP contribution >= 0.6 is 0 Å². The molecule has 0 amide bonds. The fraction of sp³-hybridized carbons (Fsp3) is 0.0270. The molecule has 6 aromatic carbocycles. The standard InChI is InChI=1S/C37H23NO3/c1-4-13-32-26(8-1)27-9-2-5-14-33(27)38(32)24-17-19-34-31(21-24)29-18-16-23(20-36(29)40-22-39-34)25-11-7-12-30-28-10-3-6-15-35(28)41-37(25)30/h1-21H,22H2. The lowest BCUT2D eigenvalue weighted by Gasteiger charge is -2.13. The summed E-state index contributed by atoms with van der Waals surface area (Å²) in [6.45, 7) is 0.146. The van der Waals surface area contributed by atoms with Gasteiger partial charge in [-0.05, 0) is 54.1 Å². The Morgan fingerprint density at radius 1 is 0.488 bits per heavy atom. The number of benzene rings is 6. The van der Waals surface area contributed by atoms with Gasteiger partial charge in [0, 0.05) is 43.9 Å². The molecule has 1 aliphatic heterocycles. The molecular formula is C37H23NO3. The number of ether oxygens (including phenoxy) is 2. The van der Waals surface area contributed by atoms with Crippen molar-refractivity contribution in [2.24, 2.45) is 0 Å². The molecule has 8 aromatic rings. The summed E-state index contributed by atoms with van der Waals surface area (Å²) in [5.41, 5.74) is 9.28. The molecule has 2 aromatic heterocycles. The van der Waals surface area contributed by atoms with Crippen molar-refractivity contribution < 1.29 is 13.9 Å². The van der Waals surface area contributed by atoms with Crippen molar-refractivity contribution in [2.75, 3.05) is 6.79 Å². The Labute approximate surface area is 235 Å². The van der Waals surface area contributed by atoms with Crippen molar-refractivity contribution in [3.05, 3.63) is 127 Å². The molecule has 0 saturated heterocycles. The normalized spacial score (nSPS) is 12.7. The molecular weight excluding hydrogens is 506 g/mol. The molecule has 0 atom stereocenters. The predicted octanol–water partition coefficient (Wildman–Crippen LogP) is 9.75. The van der Waals surface area contributed by atoms with Crippen molar-refractivity contribution in [3.8, 4) is 39.4 Å². The summed E-state index contributed by atoms with van der Waals surface area (Å²) < 4.78 is 20.9. The zero-order chi connectivity index (χ0) is 26.9. The highest BCUT2D eigenvalue weighted by Gasteiger charge is 2.21. The average Bonchev–Trinajstić information content (AvgIpc) is 3.51. The van der Waals surface area contributed by atoms with E-state index in [0.29, 0.717) is 0 Å². The summed E-state index contributed by atoms with van der Waals surface area (Å²) in [6.07, 6.45) is 0. The lowest BCUT2D eigenvalue weighted by atomic mass is 9.97. The molecule has 1 aliphatic rings. The Bertz CT molecular complexity index is 2250. The van der Waals surface area contributed by atoms with Gasteiger partial charge in [-0.15, -0.1) is 0 Å². The molecule has 194 valence electrons. The van der Waals surface area contributed by atoms with Gasteiger partial charge in [0.1, 0.15) is 22.7 Å². The number of nitrogens with zero attached hydrogens (tertiary/aromatic N) is 1. The first kappa shape index (κ1) is 22.3. The molecule has 41 heavy (non-hydrogen) atoms. The number of hydrogen-bond acceptors (Lipinski definition) is 3. The fourth-order valence-electron chi connectivity index (χ4n) is 6.36. The average molecular weight is 530 g/mol. The van der Waals surface area contributed by atoms with Gasteiger partial charge in [-0.3, -0.25) is 0 Å². The minimum Gasteiger partial charge on any atom is -0.457 e. The molecule has 0 unspecified atom stereocenters. The second-order valence-corrected chi connectivity index (χ2v) is 10.4. The van der Waals surface area contributed by atoms with Gasteiger partial charge >= 0.3 is 0 Å². The number of rotatable bonds is 2. The molecule has 4 heteroatoms. The van der Waals surface area contributed by atoms with Crippen LogP contribution in [0.2, 0.25) is 0 Å². The fourth-order valence-corrected chi connectivity index (χ4v) is 6.36. The molecule has 0 bridgehead atoms. The first-order chi connectivity index (χ1) is 20.3. The highest BCUT2D eigenvalue weighted by molar-refractivity contribution is 6.10. The largest absolute Gasteiger partial charge is 0.457 e. The van der Waals surface area contributed by atoms with Gasteiger partial charge in [0.25, 0.3) is 0 Å². The van der Waals surface area contributed by atoms with Gasteiger partial charge in [0.15, 0.2) is 0 Å². The molecule has 0 aliphatic carbocycles. The van der Waals surface area contributed by atoms with Gasteiger partial charge in [-0.1, -0.05) is 78.9 Å². The zero-order valence-electron chi connectivity index (χ0n) is 22.0. The Balaban J connectivity index is 1.22. The maximum atomic E-state index is 6.32. The summed E-state index contributed by atoms with van der Waals surface area (Å²) in [5, 5.41) is 4.71. The first-order valence-corrected chi connectivity index (χ1v) is 13.8. The summed E-state index contributed by atoms with van der Waals surface area (Å²) in [5.74, 6) is 1.59. The topological polar surface area (TPSA) is 36.5 Å². The molecule has 0 fully saturated rings. The van der Waals surface area contributed by atoms with E-state index in [0.717, 1.165) is 61.4 Å². The van der Waals surface area contributed by atoms with Crippen LogP contribution < -0.4 is 9.47 Å². The second kappa shape index (κ2) is 8.51. The van der Waals surface area contributed by atoms with Crippen LogP contribution in [0.4, 0.5) is 0 Å². The molecule has 3 heterocycles. The van der Waals surface area contributed by atoms with E-state index >= 15 is 0 Å². The second-order valence-electron chi connectivity index (χ2n) is 10.4. The highest BCUT2D eigenvalue weighted by Crippen LogP contribution is 2.44. The van der Waals surface area contributed by atoms with Crippen LogP contribution in [0.25, 0.3) is 71.7 Å². The van der Waals surface area contributed by atoms with E-state index in [1.165, 1.54) is 21.8 Å². The monoisotopic (exact) mass is 529 g/mol. The number of fused-ring (bicyclic) bond motifs is 9. The number of hydrogen-bond donors (Lipinski definition) is 0. The first-order valence-electron chi connectivity index (χ1n) is 13.8. The highest BCUT2D eigenvalue weighted by atomic mass is 16.7. The molecule has 0 spiro atoms. The van der Waals surface area contributed by atoms with Crippen molar-refractivity contribution in [2.45, 2.75) is 0 Å². The van der Waals surface area contributed by atoms with E-state index in [1.54, 1.807) is 0 Å². The third-order valence-electron chi connectivity index (χ3n) is 8.22. The molecule has 4 nitrogen and oxygen atoms in total. The predicted molar refractivity (Wildman–Crippen MR) is 165 cm³/mol. The SMILES string of the molecule is c1ccc2c(c1)oc1c(-c3ccc4c(c3)OCOc3ccc(-n5c6ccccc6c6ccccc65)cc3-4)cccc12. The van der Waals surface area contributed by atoms with Gasteiger partial charge in [0.05, 0.1) is 11.0 Å². The Morgan fingerprint density at radius 2 is 1.20 bits per heavy atom. The van der Waals surface area contributed by atoms with Gasteiger partial charge in [-0.25, -0.2) is 0 Å². The third kappa shape index (κ3) is 3.28. The maximum absolute atomic E-state index is 6.32. The minimum absolute atomic E-state index is 0.146. The van der Waals surface area contributed by atoms with Crippen LogP contribution in [-0.2, 0) is 0 Å². The number of para-hydroxylation sites is 4. The van der Waals surface area contributed by atoms with Crippen LogP contribution in [0.1, 0.15) is 0 Å². The van der Waals surface area contributed by atoms with Crippen LogP contribution in [0, 0.1) is 0 Å². The van der Waals surface area contributed by atoms with Crippen LogP contribution in [-0.4, -0.2) is 11.4 Å². The van der Waals surface area contributed by atoms with E-state index in [-0.39, 0.29) is 6.79 Å². The smallest absolute Gasteiger partial charge is 0.230 e. The van der Waals surface area contributed by atoms with Gasteiger partial charge < -0.3 is 18.5 Å². The van der Waals surface area contributed by atoms with E-state index in [2.05, 4.69) is 114 Å². The number of furan rings is 1.